The zero-order chi connectivity index (χ0) is 30.4. The molecule has 1 amide bonds. The Balaban J connectivity index is 1.83. The average molecular weight is 566 g/mol. The van der Waals surface area contributed by atoms with Crippen LogP contribution in [0.3, 0.4) is 0 Å². The fourth-order valence-corrected chi connectivity index (χ4v) is 4.17. The molecule has 0 aliphatic heterocycles. The molecule has 0 heterocycles. The van der Waals surface area contributed by atoms with Gasteiger partial charge in [-0.2, -0.15) is 0 Å². The maximum absolute atomic E-state index is 15.8. The third-order valence-corrected chi connectivity index (χ3v) is 5.86. The van der Waals surface area contributed by atoms with Crippen LogP contribution in [0.5, 0.6) is 11.5 Å². The largest absolute Gasteiger partial charge is 0.497 e. The molecule has 0 aromatic heterocycles. The fraction of sp³-hybridized carbons (Fsp3) is 0.394. The van der Waals surface area contributed by atoms with Gasteiger partial charge in [0.25, 0.3) is 0 Å². The normalized spacial score (nSPS) is 12.3. The van der Waals surface area contributed by atoms with Gasteiger partial charge in [0.15, 0.2) is 0 Å². The lowest BCUT2D eigenvalue weighted by Gasteiger charge is -2.22. The number of para-hydroxylation sites is 1. The summed E-state index contributed by atoms with van der Waals surface area (Å²) in [6.07, 6.45) is -0.549. The van der Waals surface area contributed by atoms with Gasteiger partial charge in [0.1, 0.15) is 35.1 Å². The minimum absolute atomic E-state index is 0.0737. The first-order chi connectivity index (χ1) is 19.1. The van der Waals surface area contributed by atoms with Crippen molar-refractivity contribution in [2.75, 3.05) is 7.11 Å². The number of esters is 1. The van der Waals surface area contributed by atoms with Crippen LogP contribution < -0.4 is 14.8 Å². The van der Waals surface area contributed by atoms with Crippen molar-refractivity contribution >= 4 is 12.1 Å². The van der Waals surface area contributed by atoms with E-state index in [9.17, 15) is 9.59 Å². The molecule has 0 aliphatic rings. The topological polar surface area (TPSA) is 83.1 Å². The van der Waals surface area contributed by atoms with Gasteiger partial charge in [-0.3, -0.25) is 4.79 Å². The van der Waals surface area contributed by atoms with Gasteiger partial charge in [-0.05, 0) is 83.9 Å². The van der Waals surface area contributed by atoms with Crippen molar-refractivity contribution in [2.24, 2.45) is 0 Å². The smallest absolute Gasteiger partial charge is 0.408 e. The predicted molar refractivity (Wildman–Crippen MR) is 156 cm³/mol. The summed E-state index contributed by atoms with van der Waals surface area (Å²) in [6.45, 7) is 12.6. The van der Waals surface area contributed by atoms with E-state index in [1.54, 1.807) is 65.1 Å². The molecule has 0 spiro atoms. The molecule has 3 rings (SSSR count). The molecule has 7 nitrogen and oxygen atoms in total. The summed E-state index contributed by atoms with van der Waals surface area (Å²) >= 11 is 0. The van der Waals surface area contributed by atoms with Crippen LogP contribution in [-0.4, -0.2) is 30.4 Å². The third kappa shape index (κ3) is 9.52. The van der Waals surface area contributed by atoms with Crippen LogP contribution in [-0.2, 0) is 27.3 Å². The Morgan fingerprint density at radius 3 is 2.24 bits per heavy atom. The number of carbonyl (C=O) groups excluding carboxylic acids is 2. The summed E-state index contributed by atoms with van der Waals surface area (Å²) in [5.41, 5.74) is 1.47. The summed E-state index contributed by atoms with van der Waals surface area (Å²) in [5.74, 6) is 0.285. The van der Waals surface area contributed by atoms with Crippen LogP contribution in [0.2, 0.25) is 0 Å². The van der Waals surface area contributed by atoms with Gasteiger partial charge >= 0.3 is 12.1 Å². The van der Waals surface area contributed by atoms with E-state index >= 15 is 4.39 Å². The zero-order valence-corrected chi connectivity index (χ0v) is 25.1. The van der Waals surface area contributed by atoms with E-state index in [0.717, 1.165) is 5.56 Å². The number of hydrogen-bond acceptors (Lipinski definition) is 6. The van der Waals surface area contributed by atoms with Gasteiger partial charge in [-0.1, -0.05) is 36.4 Å². The highest BCUT2D eigenvalue weighted by Gasteiger charge is 2.22. The molecule has 3 aromatic carbocycles. The number of carbonyl (C=O) groups is 2. The number of alkyl carbamates (subject to hydrolysis) is 1. The van der Waals surface area contributed by atoms with Crippen LogP contribution in [0.25, 0.3) is 11.1 Å². The first-order valence-electron chi connectivity index (χ1n) is 13.5. The number of hydrogen-bond donors (Lipinski definition) is 1. The Kier molecular flexibility index (Phi) is 10.0. The number of benzene rings is 3. The quantitative estimate of drug-likeness (QED) is 0.270. The van der Waals surface area contributed by atoms with Gasteiger partial charge in [0.2, 0.25) is 0 Å². The molecule has 41 heavy (non-hydrogen) atoms. The van der Waals surface area contributed by atoms with E-state index in [4.69, 9.17) is 18.9 Å². The maximum Gasteiger partial charge on any atom is 0.408 e. The van der Waals surface area contributed by atoms with Crippen LogP contribution in [0.1, 0.15) is 71.2 Å². The molecule has 0 radical (unpaired) electrons. The standard InChI is InChI=1S/C33H40FNO6/c1-21(35-31(37)41-33(5,6)7)26-13-11-14-27(30(26)34)24-16-22(17-25(18-24)38-8)20-39-28-15-10-9-12-23(28)19-29(36)40-32(2,3)4/h9-18,21H,19-20H2,1-8H3,(H,35,37)/t21-/m1/s1. The molecular formula is C33H40FNO6. The van der Waals surface area contributed by atoms with Crippen LogP contribution in [0.15, 0.2) is 60.7 Å². The molecule has 0 aliphatic carbocycles. The van der Waals surface area contributed by atoms with Crippen molar-refractivity contribution in [1.29, 1.82) is 0 Å². The number of amides is 1. The van der Waals surface area contributed by atoms with Crippen LogP contribution in [0.4, 0.5) is 9.18 Å². The minimum Gasteiger partial charge on any atom is -0.497 e. The number of methoxy groups -OCH3 is 1. The van der Waals surface area contributed by atoms with Crippen LogP contribution >= 0.6 is 0 Å². The van der Waals surface area contributed by atoms with E-state index in [1.807, 2.05) is 51.1 Å². The first kappa shape index (κ1) is 31.5. The van der Waals surface area contributed by atoms with Gasteiger partial charge in [0, 0.05) is 16.7 Å². The highest BCUT2D eigenvalue weighted by Crippen LogP contribution is 2.32. The summed E-state index contributed by atoms with van der Waals surface area (Å²) in [4.78, 5) is 24.7. The van der Waals surface area contributed by atoms with E-state index in [2.05, 4.69) is 5.32 Å². The van der Waals surface area contributed by atoms with Crippen molar-refractivity contribution in [2.45, 2.75) is 78.7 Å². The molecule has 0 fully saturated rings. The molecule has 0 saturated heterocycles. The monoisotopic (exact) mass is 565 g/mol. The van der Waals surface area contributed by atoms with E-state index < -0.39 is 29.2 Å². The third-order valence-electron chi connectivity index (χ3n) is 5.86. The first-order valence-corrected chi connectivity index (χ1v) is 13.5. The van der Waals surface area contributed by atoms with Crippen LogP contribution in [0, 0.1) is 5.82 Å². The zero-order valence-electron chi connectivity index (χ0n) is 25.1. The molecular weight excluding hydrogens is 525 g/mol. The molecule has 8 heteroatoms. The van der Waals surface area contributed by atoms with Crippen molar-refractivity contribution in [1.82, 2.24) is 5.32 Å². The number of ether oxygens (including phenoxy) is 4. The van der Waals surface area contributed by atoms with Gasteiger partial charge in [-0.25, -0.2) is 9.18 Å². The van der Waals surface area contributed by atoms with E-state index in [0.29, 0.717) is 33.8 Å². The highest BCUT2D eigenvalue weighted by atomic mass is 19.1. The molecule has 1 N–H and O–H groups in total. The van der Waals surface area contributed by atoms with E-state index in [-0.39, 0.29) is 19.0 Å². The minimum atomic E-state index is -0.667. The molecule has 220 valence electrons. The Hall–Kier alpha value is -4.07. The molecule has 3 aromatic rings. The molecule has 0 bridgehead atoms. The van der Waals surface area contributed by atoms with Gasteiger partial charge < -0.3 is 24.3 Å². The van der Waals surface area contributed by atoms with E-state index in [1.165, 1.54) is 0 Å². The second-order valence-corrected chi connectivity index (χ2v) is 11.8. The fourth-order valence-electron chi connectivity index (χ4n) is 4.17. The Labute approximate surface area is 242 Å². The lowest BCUT2D eigenvalue weighted by molar-refractivity contribution is -0.153. The number of rotatable bonds is 9. The highest BCUT2D eigenvalue weighted by molar-refractivity contribution is 5.74. The summed E-state index contributed by atoms with van der Waals surface area (Å²) in [5, 5.41) is 2.70. The van der Waals surface area contributed by atoms with Crippen molar-refractivity contribution in [3.63, 3.8) is 0 Å². The van der Waals surface area contributed by atoms with Crippen molar-refractivity contribution in [3.8, 4) is 22.6 Å². The summed E-state index contributed by atoms with van der Waals surface area (Å²) in [6, 6.07) is 17.1. The maximum atomic E-state index is 15.8. The number of halogens is 1. The summed E-state index contributed by atoms with van der Waals surface area (Å²) < 4.78 is 38.2. The lowest BCUT2D eigenvalue weighted by atomic mass is 9.97. The predicted octanol–water partition coefficient (Wildman–Crippen LogP) is 7.55. The summed E-state index contributed by atoms with van der Waals surface area (Å²) in [7, 11) is 1.54. The second kappa shape index (κ2) is 13.1. The number of nitrogens with one attached hydrogen (secondary N) is 1. The Morgan fingerprint density at radius 1 is 0.902 bits per heavy atom. The Morgan fingerprint density at radius 2 is 1.59 bits per heavy atom. The lowest BCUT2D eigenvalue weighted by Crippen LogP contribution is -2.34. The van der Waals surface area contributed by atoms with Crippen molar-refractivity contribution < 1.29 is 32.9 Å². The molecule has 1 atom stereocenters. The molecule has 0 saturated carbocycles. The SMILES string of the molecule is COc1cc(COc2ccccc2CC(=O)OC(C)(C)C)cc(-c2cccc([C@@H](C)NC(=O)OC(C)(C)C)c2F)c1. The second-order valence-electron chi connectivity index (χ2n) is 11.8. The van der Waals surface area contributed by atoms with Gasteiger partial charge in [-0.15, -0.1) is 0 Å². The molecule has 0 unspecified atom stereocenters. The van der Waals surface area contributed by atoms with Crippen molar-refractivity contribution in [3.05, 3.63) is 83.2 Å². The average Bonchev–Trinajstić information content (AvgIpc) is 2.85. The Bertz CT molecular complexity index is 1370. The van der Waals surface area contributed by atoms with Gasteiger partial charge in [0.05, 0.1) is 19.6 Å².